The number of ether oxygens (including phenoxy) is 1. The molecule has 1 aromatic carbocycles. The normalized spacial score (nSPS) is 18.7. The van der Waals surface area contributed by atoms with Crippen LogP contribution in [0.5, 0.6) is 0 Å². The summed E-state index contributed by atoms with van der Waals surface area (Å²) in [5, 5.41) is 0.860. The molecule has 0 amide bonds. The van der Waals surface area contributed by atoms with Gasteiger partial charge in [0.25, 0.3) is 5.56 Å². The van der Waals surface area contributed by atoms with E-state index < -0.39 is 12.0 Å². The SMILES string of the molecule is COC(=O)C1CSc2c(C3CC3)c(Cc3cc(C)ccc3F)cc(=O)n21. The quantitative estimate of drug-likeness (QED) is 0.769. The van der Waals surface area contributed by atoms with Crippen molar-refractivity contribution in [3.63, 3.8) is 0 Å². The molecule has 1 atom stereocenters. The Bertz CT molecular complexity index is 949. The van der Waals surface area contributed by atoms with Crippen LogP contribution in [0.25, 0.3) is 0 Å². The Kier molecular flexibility index (Phi) is 4.39. The van der Waals surface area contributed by atoms with E-state index in [0.717, 1.165) is 34.6 Å². The van der Waals surface area contributed by atoms with E-state index in [4.69, 9.17) is 4.74 Å². The number of rotatable bonds is 4. The first-order chi connectivity index (χ1) is 12.5. The van der Waals surface area contributed by atoms with Gasteiger partial charge in [-0.15, -0.1) is 11.8 Å². The summed E-state index contributed by atoms with van der Waals surface area (Å²) in [5.74, 6) is 0.253. The Morgan fingerprint density at radius 1 is 1.31 bits per heavy atom. The number of aryl methyl sites for hydroxylation is 1. The van der Waals surface area contributed by atoms with Gasteiger partial charge in [0, 0.05) is 18.2 Å². The fourth-order valence-corrected chi connectivity index (χ4v) is 5.06. The number of carbonyl (C=O) groups excluding carboxylic acids is 1. The van der Waals surface area contributed by atoms with Gasteiger partial charge in [-0.3, -0.25) is 9.36 Å². The highest BCUT2D eigenvalue weighted by Crippen LogP contribution is 2.48. The number of pyridine rings is 1. The predicted molar refractivity (Wildman–Crippen MR) is 98.4 cm³/mol. The van der Waals surface area contributed by atoms with E-state index in [2.05, 4.69) is 0 Å². The molecular weight excluding hydrogens is 353 g/mol. The maximum atomic E-state index is 14.2. The van der Waals surface area contributed by atoms with Crippen molar-refractivity contribution < 1.29 is 13.9 Å². The number of fused-ring (bicyclic) bond motifs is 1. The van der Waals surface area contributed by atoms with Gasteiger partial charge in [-0.2, -0.15) is 0 Å². The van der Waals surface area contributed by atoms with Crippen molar-refractivity contribution in [3.05, 3.63) is 62.7 Å². The first-order valence-corrected chi connectivity index (χ1v) is 9.72. The van der Waals surface area contributed by atoms with Crippen LogP contribution < -0.4 is 5.56 Å². The van der Waals surface area contributed by atoms with Gasteiger partial charge >= 0.3 is 5.97 Å². The lowest BCUT2D eigenvalue weighted by Gasteiger charge is -2.17. The average Bonchev–Trinajstić information content (AvgIpc) is 3.35. The summed E-state index contributed by atoms with van der Waals surface area (Å²) < 4.78 is 20.7. The Balaban J connectivity index is 1.82. The molecule has 0 bridgehead atoms. The fourth-order valence-electron chi connectivity index (χ4n) is 3.65. The number of carbonyl (C=O) groups is 1. The Labute approximate surface area is 155 Å². The van der Waals surface area contributed by atoms with Crippen LogP contribution in [-0.2, 0) is 16.0 Å². The summed E-state index contributed by atoms with van der Waals surface area (Å²) >= 11 is 1.53. The minimum atomic E-state index is -0.574. The number of esters is 1. The second-order valence-electron chi connectivity index (χ2n) is 6.99. The average molecular weight is 373 g/mol. The van der Waals surface area contributed by atoms with Crippen LogP contribution in [0.15, 0.2) is 34.1 Å². The van der Waals surface area contributed by atoms with Crippen molar-refractivity contribution >= 4 is 17.7 Å². The van der Waals surface area contributed by atoms with Gasteiger partial charge in [0.15, 0.2) is 0 Å². The smallest absolute Gasteiger partial charge is 0.329 e. The molecule has 1 saturated carbocycles. The van der Waals surface area contributed by atoms with Crippen LogP contribution in [0, 0.1) is 12.7 Å². The monoisotopic (exact) mass is 373 g/mol. The zero-order valence-corrected chi connectivity index (χ0v) is 15.6. The molecular formula is C20H20FNO3S. The molecule has 1 unspecified atom stereocenters. The lowest BCUT2D eigenvalue weighted by Crippen LogP contribution is -2.30. The molecule has 2 aliphatic rings. The third-order valence-electron chi connectivity index (χ3n) is 5.06. The third kappa shape index (κ3) is 2.96. The minimum Gasteiger partial charge on any atom is -0.467 e. The molecule has 0 spiro atoms. The molecule has 1 aromatic heterocycles. The molecule has 0 saturated heterocycles. The third-order valence-corrected chi connectivity index (χ3v) is 6.23. The van der Waals surface area contributed by atoms with E-state index in [-0.39, 0.29) is 11.4 Å². The van der Waals surface area contributed by atoms with Crippen LogP contribution in [0.4, 0.5) is 4.39 Å². The van der Waals surface area contributed by atoms with E-state index in [1.807, 2.05) is 13.0 Å². The number of benzene rings is 1. The van der Waals surface area contributed by atoms with Crippen molar-refractivity contribution in [2.24, 2.45) is 0 Å². The van der Waals surface area contributed by atoms with Crippen molar-refractivity contribution in [2.75, 3.05) is 12.9 Å². The molecule has 26 heavy (non-hydrogen) atoms. The van der Waals surface area contributed by atoms with Crippen molar-refractivity contribution in [1.29, 1.82) is 0 Å². The number of methoxy groups -OCH3 is 1. The van der Waals surface area contributed by atoms with Crippen LogP contribution in [-0.4, -0.2) is 23.4 Å². The lowest BCUT2D eigenvalue weighted by molar-refractivity contribution is -0.143. The van der Waals surface area contributed by atoms with Gasteiger partial charge in [-0.1, -0.05) is 17.7 Å². The van der Waals surface area contributed by atoms with Gasteiger partial charge in [0.2, 0.25) is 0 Å². The van der Waals surface area contributed by atoms with Crippen LogP contribution in [0.3, 0.4) is 0 Å². The van der Waals surface area contributed by atoms with Gasteiger partial charge < -0.3 is 4.74 Å². The number of aromatic nitrogens is 1. The second-order valence-corrected chi connectivity index (χ2v) is 8.00. The van der Waals surface area contributed by atoms with Crippen LogP contribution in [0.1, 0.15) is 47.1 Å². The van der Waals surface area contributed by atoms with Gasteiger partial charge in [0.05, 0.1) is 12.1 Å². The second kappa shape index (κ2) is 6.58. The predicted octanol–water partition coefficient (Wildman–Crippen LogP) is 3.58. The van der Waals surface area contributed by atoms with Crippen LogP contribution in [0.2, 0.25) is 0 Å². The number of halogens is 1. The first kappa shape index (κ1) is 17.3. The standard InChI is InChI=1S/C20H20FNO3S/c1-11-3-6-15(21)13(7-11)8-14-9-17(23)22-16(20(24)25-2)10-26-19(22)18(14)12-4-5-12/h3,6-7,9,12,16H,4-5,8,10H2,1-2H3. The molecule has 1 aliphatic heterocycles. The van der Waals surface area contributed by atoms with Crippen molar-refractivity contribution in [3.8, 4) is 0 Å². The zero-order chi connectivity index (χ0) is 18.4. The van der Waals surface area contributed by atoms with E-state index in [1.54, 1.807) is 16.7 Å². The highest BCUT2D eigenvalue weighted by Gasteiger charge is 2.38. The van der Waals surface area contributed by atoms with Gasteiger partial charge in [0.1, 0.15) is 11.9 Å². The Hall–Kier alpha value is -2.08. The summed E-state index contributed by atoms with van der Waals surface area (Å²) in [6.45, 7) is 1.93. The number of nitrogens with zero attached hydrogens (tertiary/aromatic N) is 1. The molecule has 0 radical (unpaired) electrons. The maximum absolute atomic E-state index is 14.2. The van der Waals surface area contributed by atoms with Crippen molar-refractivity contribution in [1.82, 2.24) is 4.57 Å². The van der Waals surface area contributed by atoms with Gasteiger partial charge in [-0.25, -0.2) is 9.18 Å². The van der Waals surface area contributed by atoms with E-state index in [0.29, 0.717) is 23.7 Å². The summed E-state index contributed by atoms with van der Waals surface area (Å²) in [4.78, 5) is 24.8. The molecule has 6 heteroatoms. The number of hydrogen-bond acceptors (Lipinski definition) is 4. The lowest BCUT2D eigenvalue weighted by atomic mass is 9.97. The highest BCUT2D eigenvalue weighted by molar-refractivity contribution is 7.99. The zero-order valence-electron chi connectivity index (χ0n) is 14.8. The van der Waals surface area contributed by atoms with E-state index >= 15 is 0 Å². The Morgan fingerprint density at radius 2 is 2.08 bits per heavy atom. The summed E-state index contributed by atoms with van der Waals surface area (Å²) in [7, 11) is 1.34. The molecule has 2 aromatic rings. The molecule has 2 heterocycles. The largest absolute Gasteiger partial charge is 0.467 e. The van der Waals surface area contributed by atoms with E-state index in [1.165, 1.54) is 24.9 Å². The maximum Gasteiger partial charge on any atom is 0.329 e. The first-order valence-electron chi connectivity index (χ1n) is 8.73. The topological polar surface area (TPSA) is 48.3 Å². The number of hydrogen-bond donors (Lipinski definition) is 0. The highest BCUT2D eigenvalue weighted by atomic mass is 32.2. The molecule has 1 fully saturated rings. The molecule has 0 N–H and O–H groups in total. The minimum absolute atomic E-state index is 0.215. The fraction of sp³-hybridized carbons (Fsp3) is 0.400. The summed E-state index contributed by atoms with van der Waals surface area (Å²) in [6.07, 6.45) is 2.53. The molecule has 4 rings (SSSR count). The molecule has 136 valence electrons. The molecule has 4 nitrogen and oxygen atoms in total. The van der Waals surface area contributed by atoms with Gasteiger partial charge in [-0.05, 0) is 48.4 Å². The Morgan fingerprint density at radius 3 is 2.77 bits per heavy atom. The number of thioether (sulfide) groups is 1. The summed E-state index contributed by atoms with van der Waals surface area (Å²) in [6, 6.07) is 6.07. The summed E-state index contributed by atoms with van der Waals surface area (Å²) in [5.41, 5.74) is 3.37. The van der Waals surface area contributed by atoms with Crippen LogP contribution >= 0.6 is 11.8 Å². The molecule has 1 aliphatic carbocycles. The van der Waals surface area contributed by atoms with E-state index in [9.17, 15) is 14.0 Å². The van der Waals surface area contributed by atoms with Crippen molar-refractivity contribution in [2.45, 2.75) is 43.2 Å².